The Morgan fingerprint density at radius 2 is 1.26 bits per heavy atom. The number of ether oxygens (including phenoxy) is 4. The Kier molecular flexibility index (Phi) is 16.3. The molecule has 0 spiro atoms. The Labute approximate surface area is 221 Å². The molecule has 1 heterocycles. The Bertz CT molecular complexity index is 793. The monoisotopic (exact) mass is 540 g/mol. The van der Waals surface area contributed by atoms with Crippen LogP contribution < -0.4 is 5.32 Å². The van der Waals surface area contributed by atoms with Crippen molar-refractivity contribution in [2.45, 2.75) is 70.3 Å². The van der Waals surface area contributed by atoms with Crippen LogP contribution in [-0.2, 0) is 52.6 Å². The van der Waals surface area contributed by atoms with Crippen LogP contribution in [0.4, 0.5) is 0 Å². The predicted octanol–water partition coefficient (Wildman–Crippen LogP) is 1.61. The number of amides is 3. The molecule has 38 heavy (non-hydrogen) atoms. The molecule has 1 rings (SSSR count). The van der Waals surface area contributed by atoms with E-state index in [4.69, 9.17) is 23.8 Å². The van der Waals surface area contributed by atoms with Gasteiger partial charge in [-0.05, 0) is 12.8 Å². The number of esters is 2. The second-order valence-corrected chi connectivity index (χ2v) is 8.11. The molecule has 212 valence electrons. The molecule has 13 nitrogen and oxygen atoms in total. The van der Waals surface area contributed by atoms with Gasteiger partial charge in [-0.1, -0.05) is 13.2 Å². The summed E-state index contributed by atoms with van der Waals surface area (Å²) in [6.07, 6.45) is 3.19. The lowest BCUT2D eigenvalue weighted by Crippen LogP contribution is -2.37. The summed E-state index contributed by atoms with van der Waals surface area (Å²) in [7, 11) is 0. The molecule has 13 heteroatoms. The van der Waals surface area contributed by atoms with Gasteiger partial charge in [0.1, 0.15) is 0 Å². The third kappa shape index (κ3) is 14.6. The zero-order chi connectivity index (χ0) is 28.2. The van der Waals surface area contributed by atoms with E-state index in [1.807, 2.05) is 0 Å². The summed E-state index contributed by atoms with van der Waals surface area (Å²) < 4.78 is 20.1. The second-order valence-electron chi connectivity index (χ2n) is 8.11. The second kappa shape index (κ2) is 19.2. The zero-order valence-electron chi connectivity index (χ0n) is 21.5. The first-order chi connectivity index (χ1) is 18.3. The van der Waals surface area contributed by atoms with Crippen LogP contribution in [0.5, 0.6) is 0 Å². The number of imide groups is 1. The van der Waals surface area contributed by atoms with Gasteiger partial charge < -0.3 is 29.1 Å². The maximum atomic E-state index is 12.4. The molecule has 0 atom stereocenters. The van der Waals surface area contributed by atoms with Gasteiger partial charge in [-0.15, -0.1) is 5.06 Å². The fourth-order valence-corrected chi connectivity index (χ4v) is 3.16. The minimum Gasteiger partial charge on any atom is -0.502 e. The van der Waals surface area contributed by atoms with Crippen molar-refractivity contribution in [3.63, 3.8) is 0 Å². The molecule has 0 radical (unpaired) electrons. The highest BCUT2D eigenvalue weighted by Gasteiger charge is 2.32. The normalized spacial score (nSPS) is 12.6. The average molecular weight is 541 g/mol. The molecule has 0 aromatic heterocycles. The largest absolute Gasteiger partial charge is 0.502 e. The predicted molar refractivity (Wildman–Crippen MR) is 130 cm³/mol. The van der Waals surface area contributed by atoms with Gasteiger partial charge in [-0.3, -0.25) is 24.0 Å². The first-order valence-electron chi connectivity index (χ1n) is 12.4. The average Bonchev–Trinajstić information content (AvgIpc) is 3.20. The van der Waals surface area contributed by atoms with Crippen LogP contribution >= 0.6 is 0 Å². The molecule has 1 saturated heterocycles. The van der Waals surface area contributed by atoms with Crippen molar-refractivity contribution in [2.75, 3.05) is 26.4 Å². The highest BCUT2D eigenvalue weighted by molar-refractivity contribution is 6.01. The van der Waals surface area contributed by atoms with Crippen molar-refractivity contribution in [3.05, 3.63) is 25.7 Å². The number of hydrogen-bond donors (Lipinski definition) is 1. The van der Waals surface area contributed by atoms with E-state index in [-0.39, 0.29) is 64.6 Å². The van der Waals surface area contributed by atoms with Crippen LogP contribution in [0, 0.1) is 0 Å². The highest BCUT2D eigenvalue weighted by atomic mass is 16.7. The molecule has 0 bridgehead atoms. The van der Waals surface area contributed by atoms with Gasteiger partial charge in [-0.2, -0.15) is 0 Å². The lowest BCUT2D eigenvalue weighted by atomic mass is 10.1. The number of hydrogen-bond acceptors (Lipinski definition) is 11. The van der Waals surface area contributed by atoms with Gasteiger partial charge in [0.15, 0.2) is 0 Å². The fraction of sp³-hybridized carbons (Fsp3) is 0.600. The smallest absolute Gasteiger partial charge is 0.333 e. The number of carbonyl (C=O) groups excluding carboxylic acids is 6. The topological polar surface area (TPSA) is 164 Å². The standard InChI is InChI=1S/C25H36N2O11/c1-3-34-15-5-17-36-23(31)12-7-19(8-13-24(32)37-18-6-16-35-4-2)26-20(28)9-14-25(33)38-27-21(29)10-11-22(27)30/h3-4,19H,1-2,5-18H2,(H,26,28). The molecule has 0 saturated carbocycles. The van der Waals surface area contributed by atoms with Gasteiger partial charge in [0.05, 0.1) is 45.4 Å². The molecule has 1 aliphatic heterocycles. The van der Waals surface area contributed by atoms with Gasteiger partial charge in [0.25, 0.3) is 11.8 Å². The Morgan fingerprint density at radius 3 is 1.74 bits per heavy atom. The Hall–Kier alpha value is -3.90. The van der Waals surface area contributed by atoms with Gasteiger partial charge in [0, 0.05) is 51.0 Å². The van der Waals surface area contributed by atoms with Crippen molar-refractivity contribution >= 4 is 35.6 Å². The van der Waals surface area contributed by atoms with E-state index < -0.39 is 41.7 Å². The molecule has 0 unspecified atom stereocenters. The van der Waals surface area contributed by atoms with Crippen molar-refractivity contribution in [1.82, 2.24) is 10.4 Å². The van der Waals surface area contributed by atoms with Crippen molar-refractivity contribution in [2.24, 2.45) is 0 Å². The van der Waals surface area contributed by atoms with Gasteiger partial charge in [0.2, 0.25) is 5.91 Å². The van der Waals surface area contributed by atoms with E-state index in [0.29, 0.717) is 31.1 Å². The zero-order valence-corrected chi connectivity index (χ0v) is 21.5. The number of nitrogens with zero attached hydrogens (tertiary/aromatic N) is 1. The van der Waals surface area contributed by atoms with E-state index in [2.05, 4.69) is 18.5 Å². The first kappa shape index (κ1) is 32.1. The lowest BCUT2D eigenvalue weighted by molar-refractivity contribution is -0.197. The Balaban J connectivity index is 2.49. The van der Waals surface area contributed by atoms with Crippen molar-refractivity contribution in [1.29, 1.82) is 0 Å². The molecule has 0 aromatic rings. The van der Waals surface area contributed by atoms with Crippen LogP contribution in [0.25, 0.3) is 0 Å². The quantitative estimate of drug-likeness (QED) is 0.0973. The van der Waals surface area contributed by atoms with E-state index >= 15 is 0 Å². The lowest BCUT2D eigenvalue weighted by Gasteiger charge is -2.18. The van der Waals surface area contributed by atoms with Crippen LogP contribution in [0.2, 0.25) is 0 Å². The molecule has 0 aliphatic carbocycles. The highest BCUT2D eigenvalue weighted by Crippen LogP contribution is 2.13. The first-order valence-corrected chi connectivity index (χ1v) is 12.4. The fourth-order valence-electron chi connectivity index (χ4n) is 3.16. The summed E-state index contributed by atoms with van der Waals surface area (Å²) >= 11 is 0. The maximum absolute atomic E-state index is 12.4. The molecule has 0 aromatic carbocycles. The molecule has 3 amide bonds. The third-order valence-corrected chi connectivity index (χ3v) is 5.09. The number of nitrogens with one attached hydrogen (secondary N) is 1. The molecule has 1 N–H and O–H groups in total. The van der Waals surface area contributed by atoms with Crippen LogP contribution in [0.3, 0.4) is 0 Å². The third-order valence-electron chi connectivity index (χ3n) is 5.09. The van der Waals surface area contributed by atoms with Crippen molar-refractivity contribution in [3.8, 4) is 0 Å². The SMILES string of the molecule is C=COCCCOC(=O)CCC(CCC(=O)OCCCOC=C)NC(=O)CCC(=O)ON1C(=O)CCC1=O. The van der Waals surface area contributed by atoms with E-state index in [0.717, 1.165) is 0 Å². The number of hydroxylamine groups is 2. The van der Waals surface area contributed by atoms with E-state index in [1.165, 1.54) is 12.5 Å². The molecular weight excluding hydrogens is 504 g/mol. The summed E-state index contributed by atoms with van der Waals surface area (Å²) in [6.45, 7) is 7.88. The summed E-state index contributed by atoms with van der Waals surface area (Å²) in [5, 5.41) is 3.10. The van der Waals surface area contributed by atoms with Gasteiger partial charge in [-0.25, -0.2) is 4.79 Å². The minimum atomic E-state index is -0.909. The molecule has 1 fully saturated rings. The summed E-state index contributed by atoms with van der Waals surface area (Å²) in [5.74, 6) is -3.63. The molecular formula is C25H36N2O11. The van der Waals surface area contributed by atoms with E-state index in [1.54, 1.807) is 0 Å². The summed E-state index contributed by atoms with van der Waals surface area (Å²) in [6, 6.07) is -0.575. The maximum Gasteiger partial charge on any atom is 0.333 e. The van der Waals surface area contributed by atoms with Crippen LogP contribution in [0.1, 0.15) is 64.2 Å². The van der Waals surface area contributed by atoms with Crippen LogP contribution in [0.15, 0.2) is 25.7 Å². The molecule has 1 aliphatic rings. The summed E-state index contributed by atoms with van der Waals surface area (Å²) in [5.41, 5.74) is 0. The number of rotatable bonds is 21. The number of carbonyl (C=O) groups is 6. The van der Waals surface area contributed by atoms with Crippen molar-refractivity contribution < 1.29 is 52.6 Å². The van der Waals surface area contributed by atoms with Crippen LogP contribution in [-0.4, -0.2) is 73.2 Å². The summed E-state index contributed by atoms with van der Waals surface area (Å²) in [4.78, 5) is 76.2. The van der Waals surface area contributed by atoms with Gasteiger partial charge >= 0.3 is 17.9 Å². The van der Waals surface area contributed by atoms with E-state index in [9.17, 15) is 28.8 Å². The minimum absolute atomic E-state index is 0.0115. The Morgan fingerprint density at radius 1 is 0.763 bits per heavy atom.